The van der Waals surface area contributed by atoms with Gasteiger partial charge >= 0.3 is 6.03 Å². The van der Waals surface area contributed by atoms with Gasteiger partial charge < -0.3 is 5.32 Å². The average molecular weight is 233 g/mol. The number of piperidine rings is 1. The molecular formula is C12H15N3O2. The van der Waals surface area contributed by atoms with Crippen molar-refractivity contribution in [3.05, 3.63) is 29.8 Å². The predicted octanol–water partition coefficient (Wildman–Crippen LogP) is 1.05. The third kappa shape index (κ3) is 1.50. The lowest BCUT2D eigenvalue weighted by Gasteiger charge is -2.31. The molecule has 2 aliphatic heterocycles. The molecule has 1 aromatic carbocycles. The van der Waals surface area contributed by atoms with E-state index in [0.717, 1.165) is 25.2 Å². The molecule has 2 aliphatic rings. The maximum atomic E-state index is 11.8. The predicted molar refractivity (Wildman–Crippen MR) is 63.3 cm³/mol. The van der Waals surface area contributed by atoms with Crippen molar-refractivity contribution in [1.29, 1.82) is 0 Å². The summed E-state index contributed by atoms with van der Waals surface area (Å²) in [6.07, 6.45) is 1.02. The fraction of sp³-hybridized carbons (Fsp3) is 0.417. The highest BCUT2D eigenvalue weighted by molar-refractivity contribution is 5.95. The number of hydrogen-bond donors (Lipinski definition) is 3. The molecule has 0 bridgehead atoms. The molecule has 1 saturated heterocycles. The number of nitrogens with one attached hydrogen (secondary N) is 2. The smallest absolute Gasteiger partial charge is 0.315 e. The molecule has 3 rings (SSSR count). The number of anilines is 1. The fourth-order valence-corrected chi connectivity index (χ4v) is 2.99. The van der Waals surface area contributed by atoms with Crippen LogP contribution < -0.4 is 15.7 Å². The second kappa shape index (κ2) is 4.01. The van der Waals surface area contributed by atoms with Crippen LogP contribution in [-0.2, 0) is 0 Å². The van der Waals surface area contributed by atoms with Gasteiger partial charge in [0.25, 0.3) is 0 Å². The molecule has 2 amide bonds. The van der Waals surface area contributed by atoms with Crippen LogP contribution in [-0.4, -0.2) is 30.4 Å². The van der Waals surface area contributed by atoms with Crippen molar-refractivity contribution in [3.63, 3.8) is 0 Å². The van der Waals surface area contributed by atoms with E-state index in [2.05, 4.69) is 11.4 Å². The number of rotatable bonds is 0. The van der Waals surface area contributed by atoms with Gasteiger partial charge in [-0.2, -0.15) is 0 Å². The lowest BCUT2D eigenvalue weighted by Crippen LogP contribution is -2.51. The van der Waals surface area contributed by atoms with Gasteiger partial charge in [0.15, 0.2) is 0 Å². The van der Waals surface area contributed by atoms with Crippen molar-refractivity contribution in [1.82, 2.24) is 10.8 Å². The molecule has 2 atom stereocenters. The molecule has 0 aliphatic carbocycles. The normalized spacial score (nSPS) is 26.3. The van der Waals surface area contributed by atoms with Crippen LogP contribution in [0.5, 0.6) is 0 Å². The molecule has 5 heteroatoms. The van der Waals surface area contributed by atoms with Gasteiger partial charge in [0.05, 0.1) is 6.04 Å². The van der Waals surface area contributed by atoms with E-state index in [9.17, 15) is 4.79 Å². The Morgan fingerprint density at radius 1 is 1.47 bits per heavy atom. The summed E-state index contributed by atoms with van der Waals surface area (Å²) < 4.78 is 0. The summed E-state index contributed by atoms with van der Waals surface area (Å²) in [6.45, 7) is 1.75. The van der Waals surface area contributed by atoms with Crippen molar-refractivity contribution in [2.45, 2.75) is 18.4 Å². The summed E-state index contributed by atoms with van der Waals surface area (Å²) >= 11 is 0. The zero-order chi connectivity index (χ0) is 11.8. The van der Waals surface area contributed by atoms with Crippen molar-refractivity contribution in [2.24, 2.45) is 0 Å². The molecule has 17 heavy (non-hydrogen) atoms. The summed E-state index contributed by atoms with van der Waals surface area (Å²) in [6, 6.07) is 7.58. The minimum absolute atomic E-state index is 0.105. The van der Waals surface area contributed by atoms with E-state index in [1.807, 2.05) is 18.2 Å². The fourth-order valence-electron chi connectivity index (χ4n) is 2.99. The van der Waals surface area contributed by atoms with Crippen molar-refractivity contribution in [2.75, 3.05) is 18.0 Å². The van der Waals surface area contributed by atoms with Crippen LogP contribution in [0.1, 0.15) is 17.9 Å². The van der Waals surface area contributed by atoms with E-state index < -0.39 is 6.03 Å². The van der Waals surface area contributed by atoms with E-state index in [-0.39, 0.29) is 6.04 Å². The summed E-state index contributed by atoms with van der Waals surface area (Å²) in [5.41, 5.74) is 3.87. The number of carbonyl (C=O) groups is 1. The standard InChI is InChI=1S/C12H15N3O2/c16-12(14-17)15-10-4-2-1-3-8(10)9-5-6-13-7-11(9)15/h1-4,9,11,13,17H,5-7H2,(H,14,16). The number of para-hydroxylation sites is 1. The Kier molecular flexibility index (Phi) is 2.49. The Bertz CT molecular complexity index is 449. The molecule has 90 valence electrons. The first-order chi connectivity index (χ1) is 8.33. The second-order valence-electron chi connectivity index (χ2n) is 4.51. The van der Waals surface area contributed by atoms with Crippen molar-refractivity contribution >= 4 is 11.7 Å². The molecule has 0 aromatic heterocycles. The van der Waals surface area contributed by atoms with Crippen LogP contribution in [0.15, 0.2) is 24.3 Å². The lowest BCUT2D eigenvalue weighted by atomic mass is 9.89. The van der Waals surface area contributed by atoms with Crippen LogP contribution in [0.3, 0.4) is 0 Å². The maximum Gasteiger partial charge on any atom is 0.345 e. The Balaban J connectivity index is 2.05. The molecule has 2 unspecified atom stereocenters. The van der Waals surface area contributed by atoms with Crippen LogP contribution in [0, 0.1) is 0 Å². The Hall–Kier alpha value is -1.59. The van der Waals surface area contributed by atoms with Crippen molar-refractivity contribution < 1.29 is 10.0 Å². The average Bonchev–Trinajstić information content (AvgIpc) is 2.72. The first-order valence-corrected chi connectivity index (χ1v) is 5.86. The molecule has 5 nitrogen and oxygen atoms in total. The lowest BCUT2D eigenvalue weighted by molar-refractivity contribution is 0.164. The first kappa shape index (κ1) is 10.6. The van der Waals surface area contributed by atoms with Gasteiger partial charge in [0.2, 0.25) is 0 Å². The Morgan fingerprint density at radius 3 is 3.12 bits per heavy atom. The minimum Gasteiger partial charge on any atom is -0.315 e. The van der Waals surface area contributed by atoms with Crippen molar-refractivity contribution in [3.8, 4) is 0 Å². The van der Waals surface area contributed by atoms with Gasteiger partial charge in [-0.1, -0.05) is 18.2 Å². The molecule has 3 N–H and O–H groups in total. The highest BCUT2D eigenvalue weighted by Crippen LogP contribution is 2.43. The Labute approximate surface area is 99.4 Å². The highest BCUT2D eigenvalue weighted by Gasteiger charge is 2.42. The van der Waals surface area contributed by atoms with E-state index in [1.54, 1.807) is 10.4 Å². The number of urea groups is 1. The second-order valence-corrected chi connectivity index (χ2v) is 4.51. The molecule has 2 heterocycles. The minimum atomic E-state index is -0.450. The number of benzene rings is 1. The summed E-state index contributed by atoms with van der Waals surface area (Å²) in [5, 5.41) is 12.1. The number of fused-ring (bicyclic) bond motifs is 3. The van der Waals surface area contributed by atoms with Crippen LogP contribution in [0.4, 0.5) is 10.5 Å². The maximum absolute atomic E-state index is 11.8. The molecule has 1 aromatic rings. The third-order valence-electron chi connectivity index (χ3n) is 3.69. The molecular weight excluding hydrogens is 218 g/mol. The van der Waals surface area contributed by atoms with E-state index in [0.29, 0.717) is 5.92 Å². The van der Waals surface area contributed by atoms with Gasteiger partial charge in [0, 0.05) is 18.2 Å². The van der Waals surface area contributed by atoms with Gasteiger partial charge in [-0.25, -0.2) is 10.3 Å². The summed E-state index contributed by atoms with van der Waals surface area (Å²) in [5.74, 6) is 0.379. The molecule has 0 radical (unpaired) electrons. The van der Waals surface area contributed by atoms with E-state index in [1.165, 1.54) is 5.56 Å². The molecule has 1 fully saturated rings. The zero-order valence-electron chi connectivity index (χ0n) is 9.39. The summed E-state index contributed by atoms with van der Waals surface area (Å²) in [7, 11) is 0. The third-order valence-corrected chi connectivity index (χ3v) is 3.69. The zero-order valence-corrected chi connectivity index (χ0v) is 9.39. The first-order valence-electron chi connectivity index (χ1n) is 5.86. The molecule has 0 saturated carbocycles. The van der Waals surface area contributed by atoms with Crippen LogP contribution in [0.2, 0.25) is 0 Å². The highest BCUT2D eigenvalue weighted by atomic mass is 16.5. The van der Waals surface area contributed by atoms with Crippen LogP contribution >= 0.6 is 0 Å². The SMILES string of the molecule is O=C(NO)N1c2ccccc2C2CCNCC21. The van der Waals surface area contributed by atoms with E-state index >= 15 is 0 Å². The number of carbonyl (C=O) groups excluding carboxylic acids is 1. The number of hydroxylamine groups is 1. The number of hydrogen-bond acceptors (Lipinski definition) is 3. The monoisotopic (exact) mass is 233 g/mol. The topological polar surface area (TPSA) is 64.6 Å². The number of nitrogens with zero attached hydrogens (tertiary/aromatic N) is 1. The Morgan fingerprint density at radius 2 is 2.29 bits per heavy atom. The number of amides is 2. The molecule has 0 spiro atoms. The quantitative estimate of drug-likeness (QED) is 0.463. The largest absolute Gasteiger partial charge is 0.345 e. The van der Waals surface area contributed by atoms with Gasteiger partial charge in [-0.3, -0.25) is 10.1 Å². The van der Waals surface area contributed by atoms with Gasteiger partial charge in [-0.15, -0.1) is 0 Å². The van der Waals surface area contributed by atoms with E-state index in [4.69, 9.17) is 5.21 Å². The van der Waals surface area contributed by atoms with Gasteiger partial charge in [-0.05, 0) is 24.6 Å². The van der Waals surface area contributed by atoms with Crippen LogP contribution in [0.25, 0.3) is 0 Å². The van der Waals surface area contributed by atoms with Gasteiger partial charge in [0.1, 0.15) is 0 Å². The summed E-state index contributed by atoms with van der Waals surface area (Å²) in [4.78, 5) is 13.4.